The number of carbonyl (C=O) groups is 8. The number of methoxy groups -OCH3 is 3. The predicted octanol–water partition coefficient (Wildman–Crippen LogP) is 10.5. The molecule has 36 heteroatoms. The largest absolute Gasteiger partial charge is 0.460 e. The van der Waals surface area contributed by atoms with E-state index in [9.17, 15) is 48.6 Å². The zero-order chi connectivity index (χ0) is 100. The number of nitrogens with zero attached hydrogens (tertiary/aromatic N) is 7. The fourth-order valence-electron chi connectivity index (χ4n) is 18.0. The van der Waals surface area contributed by atoms with E-state index in [1.165, 1.54) is 30.8 Å². The molecule has 2 bridgehead atoms. The van der Waals surface area contributed by atoms with Crippen LogP contribution in [0.25, 0.3) is 33.3 Å². The quantitative estimate of drug-likeness (QED) is 0.0105. The summed E-state index contributed by atoms with van der Waals surface area (Å²) in [6.07, 6.45) is 18.4. The number of hydrogen-bond acceptors (Lipinski definition) is 31. The van der Waals surface area contributed by atoms with E-state index < -0.39 is 95.9 Å². The number of piperidine rings is 1. The Hall–Kier alpha value is -9.06. The molecule has 4 aromatic heterocycles. The number of aromatic nitrogens is 6. The van der Waals surface area contributed by atoms with Crippen molar-refractivity contribution >= 4 is 74.9 Å². The normalized spacial score (nSPS) is 25.5. The van der Waals surface area contributed by atoms with Crippen LogP contribution in [0.4, 0.5) is 5.82 Å². The summed E-state index contributed by atoms with van der Waals surface area (Å²) in [6.45, 7) is 27.7. The van der Waals surface area contributed by atoms with Crippen LogP contribution in [0.2, 0.25) is 0 Å². The number of nitrogens with two attached hydrogens (primary N) is 1. The van der Waals surface area contributed by atoms with Crippen molar-refractivity contribution in [2.45, 2.75) is 239 Å². The zero-order valence-corrected chi connectivity index (χ0v) is 83.8. The zero-order valence-electron chi connectivity index (χ0n) is 83.8. The lowest BCUT2D eigenvalue weighted by Gasteiger charge is -2.42. The summed E-state index contributed by atoms with van der Waals surface area (Å²) < 4.78 is 92.8. The van der Waals surface area contributed by atoms with Crippen molar-refractivity contribution in [3.63, 3.8) is 0 Å². The van der Waals surface area contributed by atoms with Crippen molar-refractivity contribution in [3.8, 4) is 11.3 Å². The van der Waals surface area contributed by atoms with E-state index in [2.05, 4.69) is 50.4 Å². The fraction of sp³-hybridized carbons (Fsp3) is 0.670. The van der Waals surface area contributed by atoms with E-state index in [-0.39, 0.29) is 67.0 Å². The molecule has 15 atom stereocenters. The minimum Gasteiger partial charge on any atom is -0.460 e. The molecule has 1 aromatic carbocycles. The number of rotatable bonds is 46. The molecule has 0 spiro atoms. The van der Waals surface area contributed by atoms with E-state index >= 15 is 0 Å². The second kappa shape index (κ2) is 61.0. The third kappa shape index (κ3) is 36.7. The Kier molecular flexibility index (Phi) is 49.9. The Bertz CT molecular complexity index is 4750. The Morgan fingerprint density at radius 3 is 2.01 bits per heavy atom. The van der Waals surface area contributed by atoms with Crippen molar-refractivity contribution in [3.05, 3.63) is 113 Å². The molecule has 2 saturated heterocycles. The van der Waals surface area contributed by atoms with Crippen LogP contribution in [-0.2, 0) is 134 Å². The van der Waals surface area contributed by atoms with Crippen LogP contribution in [0.5, 0.6) is 0 Å². The molecule has 0 unspecified atom stereocenters. The lowest BCUT2D eigenvalue weighted by atomic mass is 9.78. The molecule has 8 heterocycles. The molecule has 772 valence electrons. The van der Waals surface area contributed by atoms with Gasteiger partial charge in [0.2, 0.25) is 17.6 Å². The highest BCUT2D eigenvalue weighted by Gasteiger charge is 2.53. The molecule has 3 amide bonds. The summed E-state index contributed by atoms with van der Waals surface area (Å²) in [5.74, 6) is -8.38. The third-order valence-electron chi connectivity index (χ3n) is 26.0. The average Bonchev–Trinajstić information content (AvgIpc) is 1.70. The van der Waals surface area contributed by atoms with Gasteiger partial charge >= 0.3 is 11.9 Å². The number of fused-ring (bicyclic) bond motifs is 6. The first-order chi connectivity index (χ1) is 67.1. The minimum atomic E-state index is -2.46. The van der Waals surface area contributed by atoms with Gasteiger partial charge in [-0.1, -0.05) is 96.2 Å². The fourth-order valence-corrected chi connectivity index (χ4v) is 18.0. The number of amides is 3. The Labute approximate surface area is 818 Å². The summed E-state index contributed by atoms with van der Waals surface area (Å²) in [5.41, 5.74) is 14.0. The number of nitrogens with one attached hydrogen (secondary N) is 2. The smallest absolute Gasteiger partial charge is 0.329 e. The van der Waals surface area contributed by atoms with Crippen molar-refractivity contribution < 1.29 is 124 Å². The van der Waals surface area contributed by atoms with Crippen LogP contribution in [0.1, 0.15) is 182 Å². The number of aliphatic hydroxyl groups excluding tert-OH is 1. The molecule has 139 heavy (non-hydrogen) atoms. The summed E-state index contributed by atoms with van der Waals surface area (Å²) in [4.78, 5) is 128. The molecule has 5 aliphatic rings. The van der Waals surface area contributed by atoms with Gasteiger partial charge in [0.05, 0.1) is 156 Å². The van der Waals surface area contributed by atoms with E-state index in [0.29, 0.717) is 257 Å². The molecular formula is C103H154N10O26. The van der Waals surface area contributed by atoms with E-state index in [1.54, 1.807) is 47.3 Å². The van der Waals surface area contributed by atoms with Gasteiger partial charge in [0.15, 0.2) is 11.4 Å². The van der Waals surface area contributed by atoms with Crippen LogP contribution in [-0.4, -0.2) is 324 Å². The Balaban J connectivity index is 0.000000346. The number of aliphatic hydroxyl groups is 2. The predicted molar refractivity (Wildman–Crippen MR) is 520 cm³/mol. The number of benzene rings is 1. The number of cyclic esters (lactones) is 1. The SMILES string of the molecule is CC(=O)NCCOCCOCCOCCOCCOCCC(=O)N1CCc2cc(Cn3nc(-c4cnc5[nH]ccc5c4)c4c(N)ncnc43)ccc2C1.CCCOCCOCCOCCOCCOCCCC(=O)O[C@@H]1CC[C@@H](C[C@@H](C)[C@@H]2CC(=O)[C@H](C)/C=C(\C)[C@@H](O)[C@@H](OC)C(=O)[C@H](C)C[C@H](C)/C=C/C=C/C=C(\C)[C@@H](OC)C[C@@H]3CC[C@@H](C)[C@@](O)(O3)C(=O)C(=O)N3CCCC[C@H]3C(=O)O2)C[C@H]1OC. The van der Waals surface area contributed by atoms with Crippen LogP contribution in [0.15, 0.2) is 96.7 Å². The highest BCUT2D eigenvalue weighted by molar-refractivity contribution is 6.39. The van der Waals surface area contributed by atoms with Gasteiger partial charge in [0.25, 0.3) is 11.7 Å². The second-order valence-corrected chi connectivity index (χ2v) is 36.8. The number of nitrogen functional groups attached to an aromatic ring is 1. The molecule has 10 rings (SSSR count). The highest BCUT2D eigenvalue weighted by Crippen LogP contribution is 2.40. The maximum absolute atomic E-state index is 14.7. The number of pyridine rings is 1. The van der Waals surface area contributed by atoms with Crippen LogP contribution in [0.3, 0.4) is 0 Å². The monoisotopic (exact) mass is 1950 g/mol. The number of anilines is 1. The first-order valence-corrected chi connectivity index (χ1v) is 49.6. The highest BCUT2D eigenvalue weighted by atomic mass is 16.6. The van der Waals surface area contributed by atoms with Gasteiger partial charge in [-0.25, -0.2) is 24.4 Å². The van der Waals surface area contributed by atoms with Crippen LogP contribution in [0, 0.1) is 35.5 Å². The van der Waals surface area contributed by atoms with Crippen LogP contribution >= 0.6 is 0 Å². The molecule has 4 aliphatic heterocycles. The molecule has 0 radical (unpaired) electrons. The van der Waals surface area contributed by atoms with E-state index in [1.807, 2.05) is 86.0 Å². The van der Waals surface area contributed by atoms with Crippen molar-refractivity contribution in [1.82, 2.24) is 44.8 Å². The van der Waals surface area contributed by atoms with Gasteiger partial charge in [0.1, 0.15) is 59.7 Å². The molecular weight excluding hydrogens is 1790 g/mol. The maximum atomic E-state index is 14.7. The van der Waals surface area contributed by atoms with Crippen molar-refractivity contribution in [2.75, 3.05) is 179 Å². The maximum Gasteiger partial charge on any atom is 0.329 e. The van der Waals surface area contributed by atoms with E-state index in [0.717, 1.165) is 52.7 Å². The summed E-state index contributed by atoms with van der Waals surface area (Å²) in [7, 11) is 4.53. The number of esters is 2. The standard InChI is InChI=1S/C66H107NO19.C37H47N9O7/c1-12-28-79-30-32-81-34-36-83-37-35-82-33-31-80-29-18-22-59(69)84-55-26-24-51(41-58(55)77-10)40-47(5)57-43-54(68)46(4)39-49(7)61(71)62(78-11)60(70)48(6)38-44(2)19-14-13-15-20-45(3)56(76-9)42-52-25-23-50(8)66(75,86-52)63(72)64(73)67-27-17-16-21-53(67)65(74)85-57;1-26(47)39-8-11-50-13-15-52-17-19-53-18-16-51-14-12-49-10-6-32(48)45-9-5-28-20-27(2-3-30(28)24-45)23-46-37-33(35(38)42-25-43-37)34(44-46)31-21-29-4-7-40-36(29)41-22-31/h13-15,19-20,39,44,46-48,50-53,55-58,61-62,71,75H,12,16-18,21-38,40-43H2,1-11H3;2-4,7,20-22,25H,5-6,8-19,23-24H2,1H3,(H,39,47)(H,40,41)(H2,38,42,43)/b15-13+,19-14+,45-20+,49-39+;/t44-,46-,47-,48-,50-,51+,52+,53+,55-,56+,57+,58-,61-,62+,66-;/m1./s1. The lowest BCUT2D eigenvalue weighted by molar-refractivity contribution is -0.265. The number of Topliss-reactive ketones (excluding diaryl/α,β-unsaturated/α-hetero) is 3. The minimum absolute atomic E-state index is 0.00350. The summed E-state index contributed by atoms with van der Waals surface area (Å²) in [5, 5.41) is 32.9. The van der Waals surface area contributed by atoms with Gasteiger partial charge in [-0.05, 0) is 155 Å². The number of allylic oxidation sites excluding steroid dienone is 6. The molecule has 1 aliphatic carbocycles. The van der Waals surface area contributed by atoms with Gasteiger partial charge in [-0.15, -0.1) is 0 Å². The Morgan fingerprint density at radius 2 is 1.35 bits per heavy atom. The summed E-state index contributed by atoms with van der Waals surface area (Å²) in [6, 6.07) is 9.19. The van der Waals surface area contributed by atoms with Crippen molar-refractivity contribution in [1.29, 1.82) is 0 Å². The molecule has 5 aromatic rings. The molecule has 3 fully saturated rings. The van der Waals surface area contributed by atoms with Gasteiger partial charge < -0.3 is 112 Å². The topological polar surface area (TPSA) is 442 Å². The number of H-pyrrole nitrogens is 1. The first-order valence-electron chi connectivity index (χ1n) is 49.6. The van der Waals surface area contributed by atoms with Gasteiger partial charge in [0, 0.05) is 128 Å². The van der Waals surface area contributed by atoms with Crippen molar-refractivity contribution in [2.24, 2.45) is 35.5 Å². The van der Waals surface area contributed by atoms with Gasteiger partial charge in [-0.3, -0.25) is 33.6 Å². The molecule has 6 N–H and O–H groups in total. The average molecular weight is 1950 g/mol. The number of ether oxygens (including phenoxy) is 16. The second-order valence-electron chi connectivity index (χ2n) is 36.8. The van der Waals surface area contributed by atoms with E-state index in [4.69, 9.17) is 86.6 Å². The van der Waals surface area contributed by atoms with Crippen LogP contribution < -0.4 is 11.1 Å². The van der Waals surface area contributed by atoms with Gasteiger partial charge in [-0.2, -0.15) is 5.10 Å². The number of ketones is 3. The lowest BCUT2D eigenvalue weighted by Crippen LogP contribution is -2.61. The molecule has 1 saturated carbocycles. The molecule has 36 nitrogen and oxygen atoms in total. The number of carbonyl (C=O) groups excluding carboxylic acids is 8. The number of aromatic amines is 1. The third-order valence-corrected chi connectivity index (χ3v) is 26.0. The Morgan fingerprint density at radius 1 is 0.691 bits per heavy atom. The number of hydrogen-bond donors (Lipinski definition) is 5. The summed E-state index contributed by atoms with van der Waals surface area (Å²) >= 11 is 0. The first kappa shape index (κ1) is 114.